The van der Waals surface area contributed by atoms with Gasteiger partial charge >= 0.3 is 51.4 Å². The topological polar surface area (TPSA) is 104 Å². The van der Waals surface area contributed by atoms with Crippen molar-refractivity contribution in [2.24, 2.45) is 0 Å². The summed E-state index contributed by atoms with van der Waals surface area (Å²) in [4.78, 5) is 40.1. The van der Waals surface area contributed by atoms with Crippen LogP contribution in [0.2, 0.25) is 0 Å². The molecule has 8 heteroatoms. The van der Waals surface area contributed by atoms with Crippen LogP contribution in [0.4, 0.5) is 5.69 Å². The molecule has 1 N–H and O–H groups in total. The van der Waals surface area contributed by atoms with E-state index in [2.05, 4.69) is 10.3 Å². The molecule has 7 nitrogen and oxygen atoms in total. The van der Waals surface area contributed by atoms with E-state index in [0.29, 0.717) is 27.8 Å². The number of hydrogen-bond donors (Lipinski definition) is 1. The average Bonchev–Trinajstić information content (AvgIpc) is 2.87. The van der Waals surface area contributed by atoms with Crippen molar-refractivity contribution in [1.29, 1.82) is 0 Å². The number of fused-ring (bicyclic) bond motifs is 4. The molecule has 2 aromatic carbocycles. The Bertz CT molecular complexity index is 1090. The number of nitrogens with zero attached hydrogens (tertiary/aromatic N) is 2. The summed E-state index contributed by atoms with van der Waals surface area (Å²) in [5.41, 5.74) is 1.42. The number of rotatable bonds is 3. The van der Waals surface area contributed by atoms with Crippen molar-refractivity contribution in [3.63, 3.8) is 0 Å². The first kappa shape index (κ1) is 18.0. The van der Waals surface area contributed by atoms with E-state index in [4.69, 9.17) is 0 Å². The average molecular weight is 359 g/mol. The molecule has 1 aliphatic heterocycles. The number of carboxylic acids is 1. The van der Waals surface area contributed by atoms with Crippen LogP contribution in [-0.4, -0.2) is 27.8 Å². The minimum atomic E-state index is -1.25. The van der Waals surface area contributed by atoms with Gasteiger partial charge in [0.15, 0.2) is 5.82 Å². The third kappa shape index (κ3) is 2.96. The first-order valence-corrected chi connectivity index (χ1v) is 7.21. The Kier molecular flexibility index (Phi) is 4.89. The smallest absolute Gasteiger partial charge is 0.548 e. The molecule has 3 aromatic rings. The molecule has 0 amide bonds. The van der Waals surface area contributed by atoms with Crippen LogP contribution < -0.4 is 67.4 Å². The molecule has 0 spiro atoms. The number of anilines is 1. The molecule has 1 aromatic heterocycles. The summed E-state index contributed by atoms with van der Waals surface area (Å²) in [6, 6.07) is 11.5. The summed E-state index contributed by atoms with van der Waals surface area (Å²) >= 11 is 0. The third-order valence-corrected chi connectivity index (χ3v) is 3.90. The van der Waals surface area contributed by atoms with Gasteiger partial charge in [0.1, 0.15) is 0 Å². The van der Waals surface area contributed by atoms with Crippen molar-refractivity contribution in [2.75, 3.05) is 11.9 Å². The van der Waals surface area contributed by atoms with E-state index < -0.39 is 5.97 Å². The van der Waals surface area contributed by atoms with Crippen molar-refractivity contribution in [2.45, 2.75) is 0 Å². The fourth-order valence-corrected chi connectivity index (χ4v) is 2.83. The predicted molar refractivity (Wildman–Crippen MR) is 84.3 cm³/mol. The zero-order valence-corrected chi connectivity index (χ0v) is 16.4. The van der Waals surface area contributed by atoms with Crippen LogP contribution in [0.1, 0.15) is 16.2 Å². The second-order valence-corrected chi connectivity index (χ2v) is 5.38. The van der Waals surface area contributed by atoms with Gasteiger partial charge in [-0.1, -0.05) is 12.1 Å². The Hall–Kier alpha value is -1.84. The van der Waals surface area contributed by atoms with Crippen LogP contribution in [0.5, 0.6) is 0 Å². The minimum absolute atomic E-state index is 0. The maximum Gasteiger partial charge on any atom is 1.00 e. The van der Waals surface area contributed by atoms with Gasteiger partial charge in [0.25, 0.3) is 5.56 Å². The number of carboxylic acid groups (broad SMARTS) is 1. The zero-order chi connectivity index (χ0) is 16.8. The van der Waals surface area contributed by atoms with E-state index in [1.165, 1.54) is 10.6 Å². The fraction of sp³-hybridized carbons (Fsp3) is 0.0588. The number of aromatic nitrogens is 2. The number of carbonyl (C=O) groups excluding carboxylic acids is 2. The Morgan fingerprint density at radius 1 is 1.16 bits per heavy atom. The molecule has 0 radical (unpaired) electrons. The zero-order valence-electron chi connectivity index (χ0n) is 13.3. The van der Waals surface area contributed by atoms with E-state index in [0.717, 1.165) is 0 Å². The normalized spacial score (nSPS) is 11.6. The van der Waals surface area contributed by atoms with Crippen LogP contribution in [0.25, 0.3) is 16.6 Å². The third-order valence-electron chi connectivity index (χ3n) is 3.90. The molecule has 0 saturated carbocycles. The van der Waals surface area contributed by atoms with Gasteiger partial charge in [-0.25, -0.2) is 4.98 Å². The van der Waals surface area contributed by atoms with Gasteiger partial charge in [-0.2, -0.15) is 0 Å². The van der Waals surface area contributed by atoms with Crippen molar-refractivity contribution in [3.05, 3.63) is 64.2 Å². The van der Waals surface area contributed by atoms with E-state index >= 15 is 0 Å². The number of nitrogens with one attached hydrogen (secondary N) is 1. The predicted octanol–water partition coefficient (Wildman–Crippen LogP) is -2.90. The molecular formula is C17H10KN3O4. The number of benzene rings is 2. The van der Waals surface area contributed by atoms with E-state index in [1.807, 2.05) is 0 Å². The maximum absolute atomic E-state index is 12.8. The largest absolute Gasteiger partial charge is 1.00 e. The van der Waals surface area contributed by atoms with E-state index in [1.54, 1.807) is 36.4 Å². The van der Waals surface area contributed by atoms with Crippen LogP contribution in [-0.2, 0) is 4.79 Å². The summed E-state index contributed by atoms with van der Waals surface area (Å²) in [6.45, 7) is -0.369. The van der Waals surface area contributed by atoms with Crippen LogP contribution in [0.15, 0.2) is 47.3 Å². The van der Waals surface area contributed by atoms with Gasteiger partial charge in [0, 0.05) is 5.69 Å². The number of ketones is 1. The molecule has 25 heavy (non-hydrogen) atoms. The van der Waals surface area contributed by atoms with Gasteiger partial charge in [-0.05, 0) is 30.3 Å². The summed E-state index contributed by atoms with van der Waals surface area (Å²) in [5.74, 6) is -1.45. The number of aliphatic carboxylic acids is 1. The van der Waals surface area contributed by atoms with E-state index in [-0.39, 0.29) is 75.1 Å². The Morgan fingerprint density at radius 3 is 2.68 bits per heavy atom. The van der Waals surface area contributed by atoms with Gasteiger partial charge in [-0.15, -0.1) is 0 Å². The molecule has 0 bridgehead atoms. The number of hydrogen-bond acceptors (Lipinski definition) is 6. The van der Waals surface area contributed by atoms with Crippen molar-refractivity contribution >= 4 is 28.3 Å². The SMILES string of the molecule is O=C([O-])CNc1ccc2nc3n(c(=O)c2c1)-c1ccccc1C3=O.[K+]. The number of para-hydroxylation sites is 1. The Balaban J connectivity index is 0.00000182. The maximum atomic E-state index is 12.8. The van der Waals surface area contributed by atoms with Crippen molar-refractivity contribution in [1.82, 2.24) is 9.55 Å². The van der Waals surface area contributed by atoms with E-state index in [9.17, 15) is 19.5 Å². The van der Waals surface area contributed by atoms with Crippen molar-refractivity contribution in [3.8, 4) is 5.69 Å². The van der Waals surface area contributed by atoms with Gasteiger partial charge < -0.3 is 15.2 Å². The summed E-state index contributed by atoms with van der Waals surface area (Å²) in [5, 5.41) is 13.5. The molecule has 0 aliphatic carbocycles. The second kappa shape index (κ2) is 6.81. The van der Waals surface area contributed by atoms with Crippen molar-refractivity contribution < 1.29 is 66.1 Å². The van der Waals surface area contributed by atoms with Crippen LogP contribution >= 0.6 is 0 Å². The molecule has 118 valence electrons. The second-order valence-electron chi connectivity index (χ2n) is 5.38. The molecule has 1 aliphatic rings. The summed E-state index contributed by atoms with van der Waals surface area (Å²) in [7, 11) is 0. The molecule has 4 rings (SSSR count). The fourth-order valence-electron chi connectivity index (χ4n) is 2.83. The number of carbonyl (C=O) groups is 2. The molecule has 0 saturated heterocycles. The minimum Gasteiger partial charge on any atom is -0.548 e. The molecular weight excluding hydrogens is 349 g/mol. The molecule has 0 atom stereocenters. The quantitative estimate of drug-likeness (QED) is 0.394. The Morgan fingerprint density at radius 2 is 1.92 bits per heavy atom. The van der Waals surface area contributed by atoms with Crippen LogP contribution in [0, 0.1) is 0 Å². The van der Waals surface area contributed by atoms with Crippen LogP contribution in [0.3, 0.4) is 0 Å². The monoisotopic (exact) mass is 359 g/mol. The Labute approximate surface area is 184 Å². The van der Waals surface area contributed by atoms with Gasteiger partial charge in [-0.3, -0.25) is 14.2 Å². The molecule has 0 unspecified atom stereocenters. The molecule has 0 fully saturated rings. The standard InChI is InChI=1S/C17H11N3O4.K/c21-14(22)8-18-9-5-6-12-11(7-9)17(24)20-13-4-2-1-3-10(13)15(23)16(20)19-12;/h1-7,18H,8H2,(H,21,22);/q;+1/p-1. The first-order valence-electron chi connectivity index (χ1n) is 7.21. The first-order chi connectivity index (χ1) is 11.6. The van der Waals surface area contributed by atoms with Gasteiger partial charge in [0.05, 0.1) is 34.7 Å². The summed E-state index contributed by atoms with van der Waals surface area (Å²) in [6.07, 6.45) is 0. The van der Waals surface area contributed by atoms with Gasteiger partial charge in [0.2, 0.25) is 5.78 Å². The summed E-state index contributed by atoms with van der Waals surface area (Å²) < 4.78 is 1.29. The molecule has 2 heterocycles.